The first-order valence-electron chi connectivity index (χ1n) is 5.91. The smallest absolute Gasteiger partial charge is 0.269 e. The molecule has 0 atom stereocenters. The fourth-order valence-corrected chi connectivity index (χ4v) is 2.18. The first-order valence-corrected chi connectivity index (χ1v) is 6.90. The summed E-state index contributed by atoms with van der Waals surface area (Å²) in [4.78, 5) is 27.4. The quantitative estimate of drug-likeness (QED) is 0.650. The number of thioether (sulfide) groups is 1. The molecule has 0 radical (unpaired) electrons. The number of hydrazine groups is 1. The van der Waals surface area contributed by atoms with Crippen LogP contribution in [0, 0.1) is 0 Å². The third-order valence-electron chi connectivity index (χ3n) is 2.46. The van der Waals surface area contributed by atoms with Crippen molar-refractivity contribution in [2.75, 3.05) is 5.75 Å². The van der Waals surface area contributed by atoms with E-state index in [4.69, 9.17) is 0 Å². The summed E-state index contributed by atoms with van der Waals surface area (Å²) in [6.07, 6.45) is 3.47. The van der Waals surface area contributed by atoms with Crippen molar-refractivity contribution in [3.8, 4) is 0 Å². The lowest BCUT2D eigenvalue weighted by Crippen LogP contribution is -2.42. The number of imidazole rings is 1. The van der Waals surface area contributed by atoms with Gasteiger partial charge in [-0.05, 0) is 12.1 Å². The topological polar surface area (TPSA) is 76.0 Å². The first-order chi connectivity index (χ1) is 9.66. The zero-order valence-corrected chi connectivity index (χ0v) is 11.7. The van der Waals surface area contributed by atoms with Crippen LogP contribution in [0.4, 0.5) is 0 Å². The molecular weight excluding hydrogens is 276 g/mol. The number of nitrogens with one attached hydrogen (secondary N) is 2. The van der Waals surface area contributed by atoms with E-state index in [1.807, 2.05) is 17.7 Å². The van der Waals surface area contributed by atoms with Gasteiger partial charge in [0.05, 0.1) is 5.75 Å². The third-order valence-corrected chi connectivity index (χ3v) is 3.52. The Kier molecular flexibility index (Phi) is 4.78. The van der Waals surface area contributed by atoms with Gasteiger partial charge in [0.15, 0.2) is 5.16 Å². The molecule has 2 aromatic rings. The van der Waals surface area contributed by atoms with E-state index in [1.54, 1.807) is 36.7 Å². The van der Waals surface area contributed by atoms with E-state index < -0.39 is 0 Å². The summed E-state index contributed by atoms with van der Waals surface area (Å²) < 4.78 is 1.82. The molecule has 20 heavy (non-hydrogen) atoms. The number of amides is 2. The molecule has 0 aliphatic heterocycles. The lowest BCUT2D eigenvalue weighted by molar-refractivity contribution is -0.119. The molecule has 0 bridgehead atoms. The number of benzene rings is 1. The van der Waals surface area contributed by atoms with Gasteiger partial charge in [0, 0.05) is 25.0 Å². The first kappa shape index (κ1) is 14.1. The van der Waals surface area contributed by atoms with Crippen molar-refractivity contribution in [2.45, 2.75) is 5.16 Å². The average Bonchev–Trinajstić information content (AvgIpc) is 2.89. The van der Waals surface area contributed by atoms with Crippen LogP contribution in [0.1, 0.15) is 10.4 Å². The van der Waals surface area contributed by atoms with Gasteiger partial charge in [0.25, 0.3) is 5.91 Å². The zero-order valence-electron chi connectivity index (χ0n) is 10.9. The number of hydrogen-bond acceptors (Lipinski definition) is 4. The number of carbonyl (C=O) groups is 2. The number of carbonyl (C=O) groups excluding carboxylic acids is 2. The lowest BCUT2D eigenvalue weighted by atomic mass is 10.2. The largest absolute Gasteiger partial charge is 0.329 e. The Bertz CT molecular complexity index is 597. The van der Waals surface area contributed by atoms with Gasteiger partial charge < -0.3 is 4.57 Å². The van der Waals surface area contributed by atoms with Crippen molar-refractivity contribution >= 4 is 23.6 Å². The highest BCUT2D eigenvalue weighted by Gasteiger charge is 2.08. The second-order valence-corrected chi connectivity index (χ2v) is 4.92. The number of aromatic nitrogens is 2. The molecular formula is C13H14N4O2S. The second-order valence-electron chi connectivity index (χ2n) is 3.98. The molecule has 0 fully saturated rings. The van der Waals surface area contributed by atoms with Crippen molar-refractivity contribution < 1.29 is 9.59 Å². The summed E-state index contributed by atoms with van der Waals surface area (Å²) in [7, 11) is 1.85. The van der Waals surface area contributed by atoms with Crippen molar-refractivity contribution in [2.24, 2.45) is 7.05 Å². The van der Waals surface area contributed by atoms with Crippen LogP contribution in [-0.4, -0.2) is 27.1 Å². The molecule has 104 valence electrons. The minimum Gasteiger partial charge on any atom is -0.329 e. The molecule has 1 aromatic carbocycles. The molecule has 0 spiro atoms. The number of aryl methyl sites for hydroxylation is 1. The molecule has 7 heteroatoms. The number of hydrogen-bond donors (Lipinski definition) is 2. The normalized spacial score (nSPS) is 10.1. The summed E-state index contributed by atoms with van der Waals surface area (Å²) in [5.41, 5.74) is 5.22. The highest BCUT2D eigenvalue weighted by Crippen LogP contribution is 2.13. The highest BCUT2D eigenvalue weighted by molar-refractivity contribution is 7.99. The van der Waals surface area contributed by atoms with E-state index >= 15 is 0 Å². The van der Waals surface area contributed by atoms with Crippen molar-refractivity contribution in [3.63, 3.8) is 0 Å². The summed E-state index contributed by atoms with van der Waals surface area (Å²) >= 11 is 1.30. The van der Waals surface area contributed by atoms with Crippen LogP contribution in [0.3, 0.4) is 0 Å². The second kappa shape index (κ2) is 6.76. The predicted octanol–water partition coefficient (Wildman–Crippen LogP) is 0.973. The molecule has 0 unspecified atom stereocenters. The van der Waals surface area contributed by atoms with E-state index in [9.17, 15) is 9.59 Å². The van der Waals surface area contributed by atoms with Crippen LogP contribution >= 0.6 is 11.8 Å². The van der Waals surface area contributed by atoms with Gasteiger partial charge in [-0.15, -0.1) is 0 Å². The molecule has 2 amide bonds. The third kappa shape index (κ3) is 3.86. The molecule has 2 N–H and O–H groups in total. The Morgan fingerprint density at radius 2 is 2.00 bits per heavy atom. The summed E-state index contributed by atoms with van der Waals surface area (Å²) in [5.74, 6) is -0.455. The Labute approximate surface area is 120 Å². The Hall–Kier alpha value is -2.28. The van der Waals surface area contributed by atoms with Crippen molar-refractivity contribution in [3.05, 3.63) is 48.3 Å². The van der Waals surface area contributed by atoms with Gasteiger partial charge in [0.2, 0.25) is 5.91 Å². The molecule has 0 aliphatic carbocycles. The summed E-state index contributed by atoms with van der Waals surface area (Å²) in [6, 6.07) is 8.68. The van der Waals surface area contributed by atoms with E-state index in [0.29, 0.717) is 5.56 Å². The SMILES string of the molecule is Cn1ccnc1SCC(=O)NNC(=O)c1ccccc1. The van der Waals surface area contributed by atoms with Gasteiger partial charge in [-0.2, -0.15) is 0 Å². The van der Waals surface area contributed by atoms with Crippen molar-refractivity contribution in [1.82, 2.24) is 20.4 Å². The fourth-order valence-electron chi connectivity index (χ4n) is 1.45. The lowest BCUT2D eigenvalue weighted by Gasteiger charge is -2.07. The van der Waals surface area contributed by atoms with Crippen LogP contribution < -0.4 is 10.9 Å². The van der Waals surface area contributed by atoms with E-state index in [1.165, 1.54) is 11.8 Å². The molecule has 0 saturated heterocycles. The van der Waals surface area contributed by atoms with Gasteiger partial charge in [0.1, 0.15) is 0 Å². The van der Waals surface area contributed by atoms with Crippen LogP contribution in [0.5, 0.6) is 0 Å². The van der Waals surface area contributed by atoms with Gasteiger partial charge in [-0.25, -0.2) is 4.98 Å². The maximum atomic E-state index is 11.7. The maximum Gasteiger partial charge on any atom is 0.269 e. The standard InChI is InChI=1S/C13H14N4O2S/c1-17-8-7-14-13(17)20-9-11(18)15-16-12(19)10-5-3-2-4-6-10/h2-8H,9H2,1H3,(H,15,18)(H,16,19). The number of nitrogens with zero attached hydrogens (tertiary/aromatic N) is 2. The van der Waals surface area contributed by atoms with Crippen molar-refractivity contribution in [1.29, 1.82) is 0 Å². The van der Waals surface area contributed by atoms with Gasteiger partial charge in [-0.3, -0.25) is 20.4 Å². The monoisotopic (exact) mass is 290 g/mol. The molecule has 1 aromatic heterocycles. The van der Waals surface area contributed by atoms with Crippen LogP contribution in [0.2, 0.25) is 0 Å². The Balaban J connectivity index is 1.75. The average molecular weight is 290 g/mol. The maximum absolute atomic E-state index is 11.7. The molecule has 1 heterocycles. The molecule has 0 saturated carbocycles. The minimum absolute atomic E-state index is 0.180. The van der Waals surface area contributed by atoms with Crippen LogP contribution in [-0.2, 0) is 11.8 Å². The van der Waals surface area contributed by atoms with Gasteiger partial charge >= 0.3 is 0 Å². The van der Waals surface area contributed by atoms with E-state index in [2.05, 4.69) is 15.8 Å². The highest BCUT2D eigenvalue weighted by atomic mass is 32.2. The molecule has 2 rings (SSSR count). The van der Waals surface area contributed by atoms with Crippen LogP contribution in [0.15, 0.2) is 47.9 Å². The van der Waals surface area contributed by atoms with E-state index in [-0.39, 0.29) is 17.6 Å². The fraction of sp³-hybridized carbons (Fsp3) is 0.154. The molecule has 0 aliphatic rings. The number of rotatable bonds is 4. The summed E-state index contributed by atoms with van der Waals surface area (Å²) in [6.45, 7) is 0. The Morgan fingerprint density at radius 3 is 2.65 bits per heavy atom. The minimum atomic E-state index is -0.346. The van der Waals surface area contributed by atoms with Crippen LogP contribution in [0.25, 0.3) is 0 Å². The molecule has 6 nitrogen and oxygen atoms in total. The van der Waals surface area contributed by atoms with Gasteiger partial charge in [-0.1, -0.05) is 30.0 Å². The Morgan fingerprint density at radius 1 is 1.25 bits per heavy atom. The van der Waals surface area contributed by atoms with E-state index in [0.717, 1.165) is 5.16 Å². The summed E-state index contributed by atoms with van der Waals surface area (Å²) in [5, 5.41) is 0.745. The predicted molar refractivity (Wildman–Crippen MR) is 76.0 cm³/mol. The zero-order chi connectivity index (χ0) is 14.4.